The summed E-state index contributed by atoms with van der Waals surface area (Å²) < 4.78 is 10.4. The maximum Gasteiger partial charge on any atom is 0.339 e. The van der Waals surface area contributed by atoms with E-state index in [1.807, 2.05) is 0 Å². The van der Waals surface area contributed by atoms with Crippen molar-refractivity contribution < 1.29 is 23.8 Å². The standard InChI is InChI=1S/C13H18N2O5/c1-7-11(12(16)17)5-10(20-7)6-14-13(18)15-8-3-9(4-8)19-2/h5,8-9H,3-4,6H2,1-2H3,(H,16,17)(H2,14,15,18). The minimum absolute atomic E-state index is 0.115. The molecule has 1 fully saturated rings. The van der Waals surface area contributed by atoms with E-state index < -0.39 is 5.97 Å². The van der Waals surface area contributed by atoms with Crippen molar-refractivity contribution in [3.63, 3.8) is 0 Å². The van der Waals surface area contributed by atoms with E-state index in [1.54, 1.807) is 14.0 Å². The van der Waals surface area contributed by atoms with Crippen molar-refractivity contribution in [2.45, 2.75) is 38.5 Å². The minimum Gasteiger partial charge on any atom is -0.478 e. The molecule has 0 atom stereocenters. The van der Waals surface area contributed by atoms with Crippen molar-refractivity contribution in [2.24, 2.45) is 0 Å². The number of hydrogen-bond acceptors (Lipinski definition) is 4. The fraction of sp³-hybridized carbons (Fsp3) is 0.538. The van der Waals surface area contributed by atoms with Crippen LogP contribution in [-0.4, -0.2) is 36.4 Å². The van der Waals surface area contributed by atoms with Crippen LogP contribution >= 0.6 is 0 Å². The fourth-order valence-electron chi connectivity index (χ4n) is 2.12. The van der Waals surface area contributed by atoms with Gasteiger partial charge in [-0.3, -0.25) is 0 Å². The van der Waals surface area contributed by atoms with E-state index in [4.69, 9.17) is 14.3 Å². The lowest BCUT2D eigenvalue weighted by atomic mass is 9.89. The van der Waals surface area contributed by atoms with Gasteiger partial charge < -0.3 is 24.9 Å². The number of urea groups is 1. The smallest absolute Gasteiger partial charge is 0.339 e. The molecule has 0 bridgehead atoms. The molecule has 1 heterocycles. The molecule has 0 aromatic carbocycles. The van der Waals surface area contributed by atoms with Crippen molar-refractivity contribution in [2.75, 3.05) is 7.11 Å². The first-order chi connectivity index (χ1) is 9.49. The Morgan fingerprint density at radius 2 is 2.20 bits per heavy atom. The van der Waals surface area contributed by atoms with Gasteiger partial charge in [-0.15, -0.1) is 0 Å². The van der Waals surface area contributed by atoms with Crippen LogP contribution in [0.2, 0.25) is 0 Å². The second kappa shape index (κ2) is 5.96. The zero-order chi connectivity index (χ0) is 14.7. The third-order valence-corrected chi connectivity index (χ3v) is 3.39. The topological polar surface area (TPSA) is 101 Å². The summed E-state index contributed by atoms with van der Waals surface area (Å²) in [6, 6.07) is 1.26. The Balaban J connectivity index is 1.76. The lowest BCUT2D eigenvalue weighted by Gasteiger charge is -2.34. The number of carbonyl (C=O) groups excluding carboxylic acids is 1. The van der Waals surface area contributed by atoms with E-state index in [0.717, 1.165) is 12.8 Å². The van der Waals surface area contributed by atoms with E-state index in [-0.39, 0.29) is 30.3 Å². The number of methoxy groups -OCH3 is 1. The summed E-state index contributed by atoms with van der Waals surface area (Å²) in [4.78, 5) is 22.5. The predicted octanol–water partition coefficient (Wildman–Crippen LogP) is 1.26. The second-order valence-corrected chi connectivity index (χ2v) is 4.84. The van der Waals surface area contributed by atoms with Gasteiger partial charge in [0.25, 0.3) is 0 Å². The number of ether oxygens (including phenoxy) is 1. The van der Waals surface area contributed by atoms with Crippen LogP contribution in [0.1, 0.15) is 34.7 Å². The number of rotatable bonds is 5. The van der Waals surface area contributed by atoms with Crippen molar-refractivity contribution in [1.82, 2.24) is 10.6 Å². The van der Waals surface area contributed by atoms with E-state index in [1.165, 1.54) is 6.07 Å². The molecule has 1 aliphatic carbocycles. The van der Waals surface area contributed by atoms with Crippen LogP contribution in [0.25, 0.3) is 0 Å². The average Bonchev–Trinajstić information content (AvgIpc) is 2.72. The molecule has 20 heavy (non-hydrogen) atoms. The molecule has 1 aliphatic rings. The summed E-state index contributed by atoms with van der Waals surface area (Å²) in [5.41, 5.74) is 0.115. The van der Waals surface area contributed by atoms with E-state index >= 15 is 0 Å². The Bertz CT molecular complexity index is 505. The summed E-state index contributed by atoms with van der Waals surface area (Å²) in [5, 5.41) is 14.3. The van der Waals surface area contributed by atoms with Gasteiger partial charge in [-0.05, 0) is 25.8 Å². The van der Waals surface area contributed by atoms with Crippen LogP contribution < -0.4 is 10.6 Å². The molecule has 7 heteroatoms. The molecule has 1 aromatic heterocycles. The maximum absolute atomic E-state index is 11.6. The first-order valence-electron chi connectivity index (χ1n) is 6.39. The van der Waals surface area contributed by atoms with Crippen LogP contribution in [0.15, 0.2) is 10.5 Å². The molecular weight excluding hydrogens is 264 g/mol. The third kappa shape index (κ3) is 3.30. The lowest BCUT2D eigenvalue weighted by molar-refractivity contribution is 0.0205. The number of carbonyl (C=O) groups is 2. The van der Waals surface area contributed by atoms with Gasteiger partial charge in [-0.1, -0.05) is 0 Å². The van der Waals surface area contributed by atoms with Crippen molar-refractivity contribution >= 4 is 12.0 Å². The molecule has 0 unspecified atom stereocenters. The number of nitrogens with one attached hydrogen (secondary N) is 2. The SMILES string of the molecule is COC1CC(NC(=O)NCc2cc(C(=O)O)c(C)o2)C1. The van der Waals surface area contributed by atoms with Gasteiger partial charge in [-0.25, -0.2) is 9.59 Å². The largest absolute Gasteiger partial charge is 0.478 e. The fourth-order valence-corrected chi connectivity index (χ4v) is 2.12. The number of amides is 2. The number of hydrogen-bond donors (Lipinski definition) is 3. The lowest BCUT2D eigenvalue weighted by Crippen LogP contribution is -2.50. The van der Waals surface area contributed by atoms with Gasteiger partial charge in [0.1, 0.15) is 17.1 Å². The summed E-state index contributed by atoms with van der Waals surface area (Å²) in [7, 11) is 1.65. The molecule has 1 saturated carbocycles. The molecule has 110 valence electrons. The van der Waals surface area contributed by atoms with Gasteiger partial charge in [0.2, 0.25) is 0 Å². The Morgan fingerprint density at radius 1 is 1.50 bits per heavy atom. The monoisotopic (exact) mass is 282 g/mol. The highest BCUT2D eigenvalue weighted by molar-refractivity contribution is 5.88. The third-order valence-electron chi connectivity index (χ3n) is 3.39. The molecule has 2 amide bonds. The molecule has 1 aromatic rings. The predicted molar refractivity (Wildman–Crippen MR) is 69.6 cm³/mol. The average molecular weight is 282 g/mol. The quantitative estimate of drug-likeness (QED) is 0.755. The number of carboxylic acid groups (broad SMARTS) is 1. The molecule has 0 saturated heterocycles. The van der Waals surface area contributed by atoms with Gasteiger partial charge in [0.15, 0.2) is 0 Å². The van der Waals surface area contributed by atoms with Crippen LogP contribution in [-0.2, 0) is 11.3 Å². The van der Waals surface area contributed by atoms with Crippen LogP contribution in [0.4, 0.5) is 4.79 Å². The Morgan fingerprint density at radius 3 is 2.75 bits per heavy atom. The van der Waals surface area contributed by atoms with Crippen LogP contribution in [0.3, 0.4) is 0 Å². The van der Waals surface area contributed by atoms with Crippen molar-refractivity contribution in [3.8, 4) is 0 Å². The summed E-state index contributed by atoms with van der Waals surface area (Å²) in [5.74, 6) is -0.294. The van der Waals surface area contributed by atoms with Crippen molar-refractivity contribution in [1.29, 1.82) is 0 Å². The van der Waals surface area contributed by atoms with Gasteiger partial charge in [0.05, 0.1) is 12.6 Å². The van der Waals surface area contributed by atoms with E-state index in [2.05, 4.69) is 10.6 Å². The number of furan rings is 1. The summed E-state index contributed by atoms with van der Waals surface area (Å²) >= 11 is 0. The zero-order valence-corrected chi connectivity index (χ0v) is 11.4. The van der Waals surface area contributed by atoms with Crippen molar-refractivity contribution in [3.05, 3.63) is 23.2 Å². The molecule has 0 radical (unpaired) electrons. The highest BCUT2D eigenvalue weighted by atomic mass is 16.5. The molecule has 3 N–H and O–H groups in total. The molecule has 0 spiro atoms. The Labute approximate surface area is 116 Å². The highest BCUT2D eigenvalue weighted by Gasteiger charge is 2.30. The zero-order valence-electron chi connectivity index (χ0n) is 11.4. The number of aryl methyl sites for hydroxylation is 1. The molecule has 2 rings (SSSR count). The number of aromatic carboxylic acids is 1. The minimum atomic E-state index is -1.04. The van der Waals surface area contributed by atoms with Gasteiger partial charge in [-0.2, -0.15) is 0 Å². The Kier molecular flexibility index (Phi) is 4.29. The molecule has 7 nitrogen and oxygen atoms in total. The normalized spacial score (nSPS) is 21.1. The van der Waals surface area contributed by atoms with Crippen LogP contribution in [0.5, 0.6) is 0 Å². The Hall–Kier alpha value is -2.02. The van der Waals surface area contributed by atoms with Gasteiger partial charge >= 0.3 is 12.0 Å². The second-order valence-electron chi connectivity index (χ2n) is 4.84. The maximum atomic E-state index is 11.6. The number of carboxylic acids is 1. The highest BCUT2D eigenvalue weighted by Crippen LogP contribution is 2.22. The molecule has 0 aliphatic heterocycles. The van der Waals surface area contributed by atoms with Crippen LogP contribution in [0, 0.1) is 6.92 Å². The van der Waals surface area contributed by atoms with E-state index in [0.29, 0.717) is 11.5 Å². The summed E-state index contributed by atoms with van der Waals surface area (Å²) in [6.07, 6.45) is 1.85. The van der Waals surface area contributed by atoms with Gasteiger partial charge in [0, 0.05) is 13.2 Å². The van der Waals surface area contributed by atoms with E-state index in [9.17, 15) is 9.59 Å². The first kappa shape index (κ1) is 14.4. The molecular formula is C13H18N2O5. The first-order valence-corrected chi connectivity index (χ1v) is 6.39. The summed E-state index contributed by atoms with van der Waals surface area (Å²) in [6.45, 7) is 1.73.